The van der Waals surface area contributed by atoms with Crippen molar-refractivity contribution in [2.24, 2.45) is 5.92 Å². The number of nitriles is 1. The van der Waals surface area contributed by atoms with E-state index in [1.807, 2.05) is 23.1 Å². The summed E-state index contributed by atoms with van der Waals surface area (Å²) in [7, 11) is 1.60. The Labute approximate surface area is 171 Å². The number of fused-ring (bicyclic) bond motifs is 3. The van der Waals surface area contributed by atoms with E-state index in [2.05, 4.69) is 12.6 Å². The van der Waals surface area contributed by atoms with Crippen molar-refractivity contribution in [2.45, 2.75) is 31.7 Å². The third kappa shape index (κ3) is 4.53. The minimum atomic E-state index is -0.181. The Bertz CT molecular complexity index is 817. The summed E-state index contributed by atoms with van der Waals surface area (Å²) in [5.41, 5.74) is 0.934. The van der Waals surface area contributed by atoms with Crippen molar-refractivity contribution in [3.8, 4) is 17.6 Å². The minimum Gasteiger partial charge on any atom is -0.497 e. The highest BCUT2D eigenvalue weighted by Crippen LogP contribution is 2.42. The van der Waals surface area contributed by atoms with Crippen LogP contribution in [0.5, 0.6) is 11.5 Å². The minimum absolute atomic E-state index is 0.0156. The molecule has 1 fully saturated rings. The average Bonchev–Trinajstić information content (AvgIpc) is 2.73. The summed E-state index contributed by atoms with van der Waals surface area (Å²) >= 11 is 0. The molecule has 2 heterocycles. The topological polar surface area (TPSA) is 82.9 Å². The number of allylic oxidation sites excluding steroid dienone is 1. The van der Waals surface area contributed by atoms with Gasteiger partial charge < -0.3 is 19.3 Å². The van der Waals surface area contributed by atoms with Crippen molar-refractivity contribution in [2.75, 3.05) is 33.4 Å². The maximum absolute atomic E-state index is 13.0. The van der Waals surface area contributed by atoms with Gasteiger partial charge in [-0.2, -0.15) is 5.26 Å². The van der Waals surface area contributed by atoms with Crippen LogP contribution in [0.3, 0.4) is 0 Å². The number of hydrogen-bond acceptors (Lipinski definition) is 5. The van der Waals surface area contributed by atoms with Gasteiger partial charge >= 0.3 is 0 Å². The van der Waals surface area contributed by atoms with Gasteiger partial charge in [-0.1, -0.05) is 6.08 Å². The molecule has 0 aromatic heterocycles. The predicted octanol–water partition coefficient (Wildman–Crippen LogP) is 2.69. The van der Waals surface area contributed by atoms with Gasteiger partial charge in [0.1, 0.15) is 11.5 Å². The number of nitrogens with zero attached hydrogens (tertiary/aromatic N) is 3. The molecule has 0 spiro atoms. The van der Waals surface area contributed by atoms with Gasteiger partial charge in [0.05, 0.1) is 32.2 Å². The quantitative estimate of drug-likeness (QED) is 0.689. The Morgan fingerprint density at radius 2 is 2.31 bits per heavy atom. The number of ether oxygens (including phenoxy) is 2. The number of methoxy groups -OCH3 is 1. The van der Waals surface area contributed by atoms with E-state index in [4.69, 9.17) is 14.7 Å². The van der Waals surface area contributed by atoms with Crippen LogP contribution >= 0.6 is 0 Å². The number of rotatable bonds is 6. The molecule has 0 aliphatic carbocycles. The van der Waals surface area contributed by atoms with E-state index in [-0.39, 0.29) is 30.2 Å². The monoisotopic (exact) mass is 397 g/mol. The van der Waals surface area contributed by atoms with Crippen molar-refractivity contribution in [1.29, 1.82) is 5.26 Å². The Balaban J connectivity index is 1.96. The van der Waals surface area contributed by atoms with E-state index < -0.39 is 0 Å². The summed E-state index contributed by atoms with van der Waals surface area (Å²) in [6, 6.07) is 7.59. The summed E-state index contributed by atoms with van der Waals surface area (Å²) in [5.74, 6) is 1.33. The molecule has 154 valence electrons. The molecule has 7 nitrogen and oxygen atoms in total. The molecular formula is C22H27N3O4. The maximum atomic E-state index is 13.0. The first-order valence-corrected chi connectivity index (χ1v) is 9.94. The molecule has 0 saturated carbocycles. The lowest BCUT2D eigenvalue weighted by molar-refractivity contribution is -0.142. The highest BCUT2D eigenvalue weighted by atomic mass is 16.5. The molecule has 1 aromatic rings. The van der Waals surface area contributed by atoms with Gasteiger partial charge in [0.25, 0.3) is 0 Å². The predicted molar refractivity (Wildman–Crippen MR) is 107 cm³/mol. The van der Waals surface area contributed by atoms with E-state index >= 15 is 0 Å². The number of benzene rings is 1. The van der Waals surface area contributed by atoms with Crippen molar-refractivity contribution < 1.29 is 19.1 Å². The Morgan fingerprint density at radius 3 is 3.03 bits per heavy atom. The van der Waals surface area contributed by atoms with Crippen LogP contribution in [0.25, 0.3) is 0 Å². The zero-order valence-corrected chi connectivity index (χ0v) is 16.8. The van der Waals surface area contributed by atoms with E-state index in [1.165, 1.54) is 0 Å². The molecule has 0 radical (unpaired) electrons. The SMILES string of the molecule is C=CCCC(=O)N1CCC(=O)N(CCC#N)C[C@H]2COc3cc(OC)ccc3[C@H]21. The lowest BCUT2D eigenvalue weighted by Gasteiger charge is -2.44. The van der Waals surface area contributed by atoms with E-state index in [0.717, 1.165) is 5.56 Å². The van der Waals surface area contributed by atoms with Gasteiger partial charge in [0.15, 0.2) is 0 Å². The maximum Gasteiger partial charge on any atom is 0.224 e. The zero-order chi connectivity index (χ0) is 20.8. The first kappa shape index (κ1) is 20.7. The number of carbonyl (C=O) groups excluding carboxylic acids is 2. The van der Waals surface area contributed by atoms with Gasteiger partial charge in [-0.15, -0.1) is 6.58 Å². The van der Waals surface area contributed by atoms with Crippen molar-refractivity contribution >= 4 is 11.8 Å². The molecule has 0 bridgehead atoms. The Morgan fingerprint density at radius 1 is 1.48 bits per heavy atom. The summed E-state index contributed by atoms with van der Waals surface area (Å²) in [5, 5.41) is 8.93. The third-order valence-corrected chi connectivity index (χ3v) is 5.52. The number of hydrogen-bond donors (Lipinski definition) is 0. The normalized spacial score (nSPS) is 21.0. The molecule has 2 atom stereocenters. The summed E-state index contributed by atoms with van der Waals surface area (Å²) in [6.45, 7) is 5.31. The van der Waals surface area contributed by atoms with Crippen molar-refractivity contribution in [3.63, 3.8) is 0 Å². The molecule has 2 amide bonds. The van der Waals surface area contributed by atoms with Crippen LogP contribution in [0, 0.1) is 17.2 Å². The summed E-state index contributed by atoms with van der Waals surface area (Å²) < 4.78 is 11.3. The van der Waals surface area contributed by atoms with Crippen molar-refractivity contribution in [3.05, 3.63) is 36.4 Å². The lowest BCUT2D eigenvalue weighted by atomic mass is 9.87. The van der Waals surface area contributed by atoms with Crippen LogP contribution in [0.2, 0.25) is 0 Å². The van der Waals surface area contributed by atoms with Crippen LogP contribution in [0.1, 0.15) is 37.3 Å². The molecule has 7 heteroatoms. The molecule has 0 unspecified atom stereocenters. The fraction of sp³-hybridized carbons (Fsp3) is 0.500. The molecule has 1 aromatic carbocycles. The molecule has 3 rings (SSSR count). The molecule has 2 aliphatic heterocycles. The van der Waals surface area contributed by atoms with Crippen molar-refractivity contribution in [1.82, 2.24) is 9.80 Å². The first-order valence-electron chi connectivity index (χ1n) is 9.94. The Kier molecular flexibility index (Phi) is 6.76. The Hall–Kier alpha value is -3.01. The number of carbonyl (C=O) groups is 2. The second-order valence-corrected chi connectivity index (χ2v) is 7.33. The fourth-order valence-corrected chi connectivity index (χ4v) is 4.08. The van der Waals surface area contributed by atoms with Gasteiger partial charge in [0.2, 0.25) is 11.8 Å². The molecule has 1 saturated heterocycles. The van der Waals surface area contributed by atoms with Crippen LogP contribution in [-0.4, -0.2) is 55.0 Å². The fourth-order valence-electron chi connectivity index (χ4n) is 4.08. The van der Waals surface area contributed by atoms with Crippen LogP contribution < -0.4 is 9.47 Å². The van der Waals surface area contributed by atoms with Crippen LogP contribution in [-0.2, 0) is 9.59 Å². The van der Waals surface area contributed by atoms with E-state index in [0.29, 0.717) is 57.0 Å². The highest BCUT2D eigenvalue weighted by Gasteiger charge is 2.40. The van der Waals surface area contributed by atoms with Gasteiger partial charge in [-0.25, -0.2) is 0 Å². The van der Waals surface area contributed by atoms with Gasteiger partial charge in [-0.05, 0) is 18.6 Å². The van der Waals surface area contributed by atoms with E-state index in [9.17, 15) is 9.59 Å². The smallest absolute Gasteiger partial charge is 0.224 e. The lowest BCUT2D eigenvalue weighted by Crippen LogP contribution is -2.51. The summed E-state index contributed by atoms with van der Waals surface area (Å²) in [4.78, 5) is 29.3. The van der Waals surface area contributed by atoms with Crippen LogP contribution in [0.15, 0.2) is 30.9 Å². The highest BCUT2D eigenvalue weighted by molar-refractivity contribution is 5.80. The molecule has 0 N–H and O–H groups in total. The van der Waals surface area contributed by atoms with Crippen LogP contribution in [0.4, 0.5) is 0 Å². The summed E-state index contributed by atoms with van der Waals surface area (Å²) in [6.07, 6.45) is 3.24. The number of amides is 2. The second-order valence-electron chi connectivity index (χ2n) is 7.33. The molecular weight excluding hydrogens is 370 g/mol. The van der Waals surface area contributed by atoms with E-state index in [1.54, 1.807) is 18.1 Å². The van der Waals surface area contributed by atoms with Gasteiger partial charge in [-0.3, -0.25) is 9.59 Å². The van der Waals surface area contributed by atoms with Gasteiger partial charge in [0, 0.05) is 50.0 Å². The second kappa shape index (κ2) is 9.46. The zero-order valence-electron chi connectivity index (χ0n) is 16.8. The molecule has 29 heavy (non-hydrogen) atoms. The largest absolute Gasteiger partial charge is 0.497 e. The molecule has 2 aliphatic rings. The third-order valence-electron chi connectivity index (χ3n) is 5.52. The standard InChI is InChI=1S/C22H27N3O4/c1-3-4-6-21(27)25-12-9-20(26)24(11-5-10-23)14-16-15-29-19-13-17(28-2)7-8-18(19)22(16)25/h3,7-8,13,16,22H,1,4-6,9,11-12,14-15H2,2H3/t16-,22-/m0/s1. The first-order chi connectivity index (χ1) is 14.1. The average molecular weight is 397 g/mol.